The lowest BCUT2D eigenvalue weighted by Gasteiger charge is -2.26. The molecule has 206 valence electrons. The second-order valence-electron chi connectivity index (χ2n) is 10.3. The van der Waals surface area contributed by atoms with Crippen LogP contribution in [0.25, 0.3) is 32.7 Å². The molecule has 0 aliphatic heterocycles. The highest BCUT2D eigenvalue weighted by Crippen LogP contribution is 2.45. The first-order chi connectivity index (χ1) is 19.1. The van der Waals surface area contributed by atoms with Crippen LogP contribution in [0.2, 0.25) is 0 Å². The molecule has 3 aromatic heterocycles. The summed E-state index contributed by atoms with van der Waals surface area (Å²) in [5.41, 5.74) is 3.18. The Morgan fingerprint density at radius 3 is 2.27 bits per heavy atom. The molecule has 0 radical (unpaired) electrons. The Kier molecular flexibility index (Phi) is 7.95. The van der Waals surface area contributed by atoms with E-state index in [1.807, 2.05) is 88.4 Å². The lowest BCUT2D eigenvalue weighted by atomic mass is 10.0. The lowest BCUT2D eigenvalue weighted by molar-refractivity contribution is 0.200. The molecule has 5 aromatic rings. The number of furan rings is 1. The third-order valence-electron chi connectivity index (χ3n) is 6.25. The molecule has 0 spiro atoms. The molecule has 2 N–H and O–H groups in total. The quantitative estimate of drug-likeness (QED) is 0.185. The number of amides is 1. The van der Waals surface area contributed by atoms with Crippen LogP contribution in [-0.4, -0.2) is 30.5 Å². The SMILES string of the molecule is C[C@H](N[S@+]([O-])C(C)(C)C)c1sc2c(N(Cc3ccco3)C(=O)O)nc(-c3ccccc3)nc2c1-c1ccccc1. The molecule has 0 bridgehead atoms. The number of nitrogens with zero attached hydrogens (tertiary/aromatic N) is 3. The minimum Gasteiger partial charge on any atom is -0.598 e. The number of nitrogens with one attached hydrogen (secondary N) is 1. The molecule has 1 amide bonds. The van der Waals surface area contributed by atoms with Gasteiger partial charge in [0.25, 0.3) is 0 Å². The molecule has 0 saturated carbocycles. The summed E-state index contributed by atoms with van der Waals surface area (Å²) in [5, 5.41) is 10.3. The van der Waals surface area contributed by atoms with Gasteiger partial charge in [0.2, 0.25) is 0 Å². The van der Waals surface area contributed by atoms with E-state index in [2.05, 4.69) is 4.72 Å². The van der Waals surface area contributed by atoms with Gasteiger partial charge in [0.1, 0.15) is 10.5 Å². The smallest absolute Gasteiger partial charge is 0.413 e. The second-order valence-corrected chi connectivity index (χ2v) is 13.3. The fraction of sp³-hybridized carbons (Fsp3) is 0.233. The van der Waals surface area contributed by atoms with Crippen LogP contribution in [0.4, 0.5) is 10.6 Å². The van der Waals surface area contributed by atoms with Crippen LogP contribution in [0.1, 0.15) is 44.4 Å². The fourth-order valence-electron chi connectivity index (χ4n) is 4.25. The predicted molar refractivity (Wildman–Crippen MR) is 161 cm³/mol. The van der Waals surface area contributed by atoms with Crippen LogP contribution in [0.5, 0.6) is 0 Å². The van der Waals surface area contributed by atoms with Crippen molar-refractivity contribution in [2.75, 3.05) is 4.90 Å². The highest BCUT2D eigenvalue weighted by Gasteiger charge is 2.32. The van der Waals surface area contributed by atoms with Gasteiger partial charge in [-0.1, -0.05) is 60.7 Å². The number of rotatable bonds is 8. The Labute approximate surface area is 240 Å². The van der Waals surface area contributed by atoms with E-state index in [1.165, 1.54) is 22.5 Å². The van der Waals surface area contributed by atoms with E-state index in [4.69, 9.17) is 14.4 Å². The van der Waals surface area contributed by atoms with Crippen molar-refractivity contribution in [3.63, 3.8) is 0 Å². The van der Waals surface area contributed by atoms with Crippen LogP contribution in [0.15, 0.2) is 83.5 Å². The van der Waals surface area contributed by atoms with Crippen LogP contribution in [0, 0.1) is 0 Å². The Morgan fingerprint density at radius 1 is 1.05 bits per heavy atom. The zero-order valence-electron chi connectivity index (χ0n) is 22.6. The van der Waals surface area contributed by atoms with Crippen LogP contribution in [0.3, 0.4) is 0 Å². The molecule has 10 heteroatoms. The predicted octanol–water partition coefficient (Wildman–Crippen LogP) is 7.42. The van der Waals surface area contributed by atoms with Crippen molar-refractivity contribution in [2.45, 2.75) is 45.0 Å². The van der Waals surface area contributed by atoms with E-state index < -0.39 is 22.2 Å². The maximum atomic E-state index is 13.1. The summed E-state index contributed by atoms with van der Waals surface area (Å²) in [6, 6.07) is 22.5. The second kappa shape index (κ2) is 11.4. The average Bonchev–Trinajstić information content (AvgIpc) is 3.59. The molecular formula is C30H30N4O4S2. The fourth-order valence-corrected chi connectivity index (χ4v) is 6.38. The van der Waals surface area contributed by atoms with E-state index >= 15 is 0 Å². The van der Waals surface area contributed by atoms with Gasteiger partial charge in [-0.25, -0.2) is 14.8 Å². The minimum absolute atomic E-state index is 0.0155. The first kappa shape index (κ1) is 27.9. The summed E-state index contributed by atoms with van der Waals surface area (Å²) >= 11 is 0.0828. The Bertz CT molecular complexity index is 1600. The highest BCUT2D eigenvalue weighted by atomic mass is 32.2. The highest BCUT2D eigenvalue weighted by molar-refractivity contribution is 7.90. The van der Waals surface area contributed by atoms with Crippen molar-refractivity contribution < 1.29 is 18.9 Å². The van der Waals surface area contributed by atoms with Crippen molar-refractivity contribution >= 4 is 44.8 Å². The third kappa shape index (κ3) is 5.75. The van der Waals surface area contributed by atoms with E-state index in [0.29, 0.717) is 21.8 Å². The van der Waals surface area contributed by atoms with Gasteiger partial charge < -0.3 is 14.1 Å². The van der Waals surface area contributed by atoms with Gasteiger partial charge >= 0.3 is 6.09 Å². The van der Waals surface area contributed by atoms with Crippen LogP contribution >= 0.6 is 11.3 Å². The van der Waals surface area contributed by atoms with Crippen LogP contribution < -0.4 is 9.62 Å². The largest absolute Gasteiger partial charge is 0.598 e. The molecule has 0 fully saturated rings. The van der Waals surface area contributed by atoms with Gasteiger partial charge in [0, 0.05) is 27.4 Å². The van der Waals surface area contributed by atoms with Crippen molar-refractivity contribution in [2.24, 2.45) is 0 Å². The molecule has 0 aliphatic carbocycles. The van der Waals surface area contributed by atoms with Gasteiger partial charge in [-0.15, -0.1) is 16.1 Å². The molecule has 40 heavy (non-hydrogen) atoms. The normalized spacial score (nSPS) is 13.3. The molecule has 0 unspecified atom stereocenters. The topological polar surface area (TPSA) is 115 Å². The molecule has 2 atom stereocenters. The Hall–Kier alpha value is -3.70. The molecule has 0 aliphatic rings. The Morgan fingerprint density at radius 2 is 1.70 bits per heavy atom. The van der Waals surface area contributed by atoms with Crippen molar-refractivity contribution in [3.8, 4) is 22.5 Å². The number of thiophene rings is 1. The number of hydrogen-bond acceptors (Lipinski definition) is 7. The summed E-state index contributed by atoms with van der Waals surface area (Å²) < 4.78 is 22.0. The first-order valence-electron chi connectivity index (χ1n) is 12.8. The van der Waals surface area contributed by atoms with Crippen molar-refractivity contribution in [1.29, 1.82) is 0 Å². The molecule has 8 nitrogen and oxygen atoms in total. The molecule has 0 saturated heterocycles. The Balaban J connectivity index is 1.78. The van der Waals surface area contributed by atoms with E-state index in [-0.39, 0.29) is 18.4 Å². The number of fused-ring (bicyclic) bond motifs is 1. The van der Waals surface area contributed by atoms with E-state index in [9.17, 15) is 14.5 Å². The molecular weight excluding hydrogens is 544 g/mol. The zero-order chi connectivity index (χ0) is 28.4. The standard InChI is InChI=1S/C30H30N4O4S2/c1-19(33-40(37)30(2,3)4)25-23(20-12-7-5-8-13-20)24-26(39-25)28(32-27(31-24)21-14-9-6-10-15-21)34(29(35)36)18-22-16-11-17-38-22/h5-17,19,33H,18H2,1-4H3,(H,35,36)/t19-,40+/m0/s1. The van der Waals surface area contributed by atoms with Crippen molar-refractivity contribution in [3.05, 3.63) is 89.7 Å². The monoisotopic (exact) mass is 574 g/mol. The van der Waals surface area contributed by atoms with Gasteiger partial charge in [-0.3, -0.25) is 4.90 Å². The lowest BCUT2D eigenvalue weighted by Crippen LogP contribution is -2.40. The first-order valence-corrected chi connectivity index (χ1v) is 14.8. The summed E-state index contributed by atoms with van der Waals surface area (Å²) in [6.45, 7) is 7.70. The van der Waals surface area contributed by atoms with Gasteiger partial charge in [0.15, 0.2) is 11.6 Å². The number of hydrogen-bond donors (Lipinski definition) is 2. The van der Waals surface area contributed by atoms with Crippen LogP contribution in [-0.2, 0) is 17.9 Å². The number of carbonyl (C=O) groups is 1. The summed E-state index contributed by atoms with van der Waals surface area (Å²) in [4.78, 5) is 24.5. The maximum Gasteiger partial charge on any atom is 0.413 e. The van der Waals surface area contributed by atoms with Crippen molar-refractivity contribution in [1.82, 2.24) is 14.7 Å². The summed E-state index contributed by atoms with van der Waals surface area (Å²) in [5.74, 6) is 1.17. The molecule has 5 rings (SSSR count). The van der Waals surface area contributed by atoms with E-state index in [1.54, 1.807) is 12.1 Å². The molecule has 2 aromatic carbocycles. The zero-order valence-corrected chi connectivity index (χ0v) is 24.3. The summed E-state index contributed by atoms with van der Waals surface area (Å²) in [7, 11) is 0. The molecule has 3 heterocycles. The minimum atomic E-state index is -1.33. The number of aromatic nitrogens is 2. The number of benzene rings is 2. The van der Waals surface area contributed by atoms with Gasteiger partial charge in [-0.05, 0) is 45.4 Å². The van der Waals surface area contributed by atoms with Gasteiger partial charge in [-0.2, -0.15) is 0 Å². The maximum absolute atomic E-state index is 13.1. The third-order valence-corrected chi connectivity index (χ3v) is 9.29. The van der Waals surface area contributed by atoms with E-state index in [0.717, 1.165) is 21.6 Å². The number of anilines is 1. The average molecular weight is 575 g/mol. The van der Waals surface area contributed by atoms with Gasteiger partial charge in [0.05, 0.1) is 29.1 Å². The summed E-state index contributed by atoms with van der Waals surface area (Å²) in [6.07, 6.45) is 0.353. The number of carboxylic acid groups (broad SMARTS) is 1.